The van der Waals surface area contributed by atoms with E-state index < -0.39 is 10.8 Å². The van der Waals surface area contributed by atoms with Crippen LogP contribution in [0.3, 0.4) is 0 Å². The second-order valence-electron chi connectivity index (χ2n) is 8.10. The van der Waals surface area contributed by atoms with Gasteiger partial charge >= 0.3 is 0 Å². The van der Waals surface area contributed by atoms with Gasteiger partial charge < -0.3 is 15.3 Å². The van der Waals surface area contributed by atoms with Gasteiger partial charge in [-0.15, -0.1) is 11.3 Å². The molecule has 33 heavy (non-hydrogen) atoms. The summed E-state index contributed by atoms with van der Waals surface area (Å²) in [5, 5.41) is 25.9. The normalized spacial score (nSPS) is 14.8. The number of piperazine rings is 1. The number of amides is 1. The number of nitrogens with one attached hydrogen (secondary N) is 1. The maximum Gasteiger partial charge on any atom is 0.271 e. The number of aromatic hydroxyl groups is 1. The van der Waals surface area contributed by atoms with Gasteiger partial charge in [0.25, 0.3) is 5.69 Å². The van der Waals surface area contributed by atoms with Crippen molar-refractivity contribution < 1.29 is 14.8 Å². The van der Waals surface area contributed by atoms with Crippen molar-refractivity contribution in [3.05, 3.63) is 69.2 Å². The minimum atomic E-state index is -0.585. The van der Waals surface area contributed by atoms with E-state index in [0.717, 1.165) is 49.4 Å². The number of rotatable bonds is 7. The van der Waals surface area contributed by atoms with Crippen LogP contribution in [0.2, 0.25) is 0 Å². The first-order chi connectivity index (χ1) is 15.9. The summed E-state index contributed by atoms with van der Waals surface area (Å²) >= 11 is 1.46. The van der Waals surface area contributed by atoms with Crippen molar-refractivity contribution in [3.8, 4) is 16.3 Å². The lowest BCUT2D eigenvalue weighted by Gasteiger charge is -2.32. The zero-order valence-corrected chi connectivity index (χ0v) is 19.0. The first-order valence-corrected chi connectivity index (χ1v) is 11.5. The number of non-ortho nitro benzene ring substituents is 1. The van der Waals surface area contributed by atoms with E-state index in [-0.39, 0.29) is 23.5 Å². The number of phenolic OH excluding ortho intramolecular Hbond substituents is 1. The summed E-state index contributed by atoms with van der Waals surface area (Å²) in [4.78, 5) is 32.1. The van der Waals surface area contributed by atoms with E-state index >= 15 is 0 Å². The molecule has 0 saturated carbocycles. The van der Waals surface area contributed by atoms with Crippen molar-refractivity contribution in [1.82, 2.24) is 14.8 Å². The predicted octanol–water partition coefficient (Wildman–Crippen LogP) is 3.35. The Labute approximate surface area is 195 Å². The number of nitro benzene ring substituents is 1. The molecular formula is C23H25N5O4S. The van der Waals surface area contributed by atoms with Crippen LogP contribution in [0.25, 0.3) is 10.6 Å². The van der Waals surface area contributed by atoms with Gasteiger partial charge in [0.05, 0.1) is 22.7 Å². The molecule has 2 heterocycles. The lowest BCUT2D eigenvalue weighted by atomic mass is 10.1. The van der Waals surface area contributed by atoms with Gasteiger partial charge in [0.15, 0.2) is 0 Å². The zero-order valence-electron chi connectivity index (χ0n) is 18.2. The molecule has 0 bridgehead atoms. The van der Waals surface area contributed by atoms with E-state index in [1.54, 1.807) is 0 Å². The monoisotopic (exact) mass is 467 g/mol. The highest BCUT2D eigenvalue weighted by atomic mass is 32.1. The Balaban J connectivity index is 1.35. The maximum atomic E-state index is 12.4. The zero-order chi connectivity index (χ0) is 23.4. The van der Waals surface area contributed by atoms with E-state index in [0.29, 0.717) is 5.69 Å². The number of carbonyl (C=O) groups excluding carboxylic acids is 1. The standard InChI is InChI=1S/C23H25N5O4S/c1-26-8-10-27(11-9-26)14-16-2-4-17(5-3-16)23-24-18(15-33-23)12-22(30)25-20-13-19(28(31)32)6-7-21(20)29/h2-7,13,15,29H,8-12,14H2,1H3,(H,25,30). The number of carbonyl (C=O) groups is 1. The number of aromatic nitrogens is 1. The van der Waals surface area contributed by atoms with E-state index in [4.69, 9.17) is 0 Å². The third kappa shape index (κ3) is 5.92. The van der Waals surface area contributed by atoms with Crippen molar-refractivity contribution >= 4 is 28.6 Å². The van der Waals surface area contributed by atoms with Gasteiger partial charge in [0, 0.05) is 55.8 Å². The molecule has 1 aliphatic rings. The van der Waals surface area contributed by atoms with Gasteiger partial charge in [-0.05, 0) is 18.7 Å². The Bertz CT molecular complexity index is 1140. The summed E-state index contributed by atoms with van der Waals surface area (Å²) in [5.41, 5.74) is 2.64. The quantitative estimate of drug-likeness (QED) is 0.311. The molecule has 1 aliphatic heterocycles. The van der Waals surface area contributed by atoms with Crippen molar-refractivity contribution in [1.29, 1.82) is 0 Å². The summed E-state index contributed by atoms with van der Waals surface area (Å²) in [6.07, 6.45) is 0.000121. The number of anilines is 1. The average molecular weight is 468 g/mol. The molecule has 9 nitrogen and oxygen atoms in total. The average Bonchev–Trinajstić information content (AvgIpc) is 3.25. The SMILES string of the molecule is CN1CCN(Cc2ccc(-c3nc(CC(=O)Nc4cc([N+](=O)[O-])ccc4O)cs3)cc2)CC1. The van der Waals surface area contributed by atoms with Crippen LogP contribution < -0.4 is 5.32 Å². The Morgan fingerprint density at radius 1 is 1.18 bits per heavy atom. The van der Waals surface area contributed by atoms with E-state index in [2.05, 4.69) is 51.4 Å². The number of phenols is 1. The summed E-state index contributed by atoms with van der Waals surface area (Å²) < 4.78 is 0. The minimum Gasteiger partial charge on any atom is -0.506 e. The minimum absolute atomic E-state index is 0.000121. The fraction of sp³-hybridized carbons (Fsp3) is 0.304. The number of thiazole rings is 1. The summed E-state index contributed by atoms with van der Waals surface area (Å²) in [6.45, 7) is 5.26. The highest BCUT2D eigenvalue weighted by molar-refractivity contribution is 7.13. The number of hydrogen-bond donors (Lipinski definition) is 2. The maximum absolute atomic E-state index is 12.4. The first kappa shape index (κ1) is 22.8. The largest absolute Gasteiger partial charge is 0.506 e. The van der Waals surface area contributed by atoms with Gasteiger partial charge in [-0.2, -0.15) is 0 Å². The van der Waals surface area contributed by atoms with Gasteiger partial charge in [-0.25, -0.2) is 4.98 Å². The molecule has 0 atom stereocenters. The van der Waals surface area contributed by atoms with Crippen LogP contribution in [0.1, 0.15) is 11.3 Å². The molecule has 172 valence electrons. The van der Waals surface area contributed by atoms with Crippen LogP contribution in [0.15, 0.2) is 47.8 Å². The van der Waals surface area contributed by atoms with Crippen LogP contribution in [-0.2, 0) is 17.8 Å². The summed E-state index contributed by atoms with van der Waals surface area (Å²) in [5.74, 6) is -0.644. The second kappa shape index (κ2) is 10.1. The lowest BCUT2D eigenvalue weighted by molar-refractivity contribution is -0.384. The number of hydrogen-bond acceptors (Lipinski definition) is 8. The van der Waals surface area contributed by atoms with Gasteiger partial charge in [-0.1, -0.05) is 24.3 Å². The Morgan fingerprint density at radius 2 is 1.91 bits per heavy atom. The van der Waals surface area contributed by atoms with Crippen molar-refractivity contribution in [2.45, 2.75) is 13.0 Å². The molecule has 4 rings (SSSR count). The third-order valence-corrected chi connectivity index (χ3v) is 6.50. The smallest absolute Gasteiger partial charge is 0.271 e. The predicted molar refractivity (Wildman–Crippen MR) is 127 cm³/mol. The number of nitrogens with zero attached hydrogens (tertiary/aromatic N) is 4. The topological polar surface area (TPSA) is 112 Å². The second-order valence-corrected chi connectivity index (χ2v) is 8.96. The highest BCUT2D eigenvalue weighted by Crippen LogP contribution is 2.28. The van der Waals surface area contributed by atoms with Crippen LogP contribution in [0.4, 0.5) is 11.4 Å². The molecule has 0 spiro atoms. The van der Waals surface area contributed by atoms with Crippen molar-refractivity contribution in [2.75, 3.05) is 38.5 Å². The van der Waals surface area contributed by atoms with E-state index in [1.807, 2.05) is 5.38 Å². The lowest BCUT2D eigenvalue weighted by Crippen LogP contribution is -2.43. The molecule has 0 unspecified atom stereocenters. The number of nitro groups is 1. The van der Waals surface area contributed by atoms with E-state index in [1.165, 1.54) is 29.0 Å². The van der Waals surface area contributed by atoms with Crippen molar-refractivity contribution in [2.24, 2.45) is 0 Å². The van der Waals surface area contributed by atoms with Crippen LogP contribution >= 0.6 is 11.3 Å². The number of benzene rings is 2. The molecular weight excluding hydrogens is 442 g/mol. The van der Waals surface area contributed by atoms with Crippen LogP contribution in [0, 0.1) is 10.1 Å². The van der Waals surface area contributed by atoms with Crippen molar-refractivity contribution in [3.63, 3.8) is 0 Å². The Hall–Kier alpha value is -3.34. The summed E-state index contributed by atoms with van der Waals surface area (Å²) in [6, 6.07) is 11.8. The van der Waals surface area contributed by atoms with Gasteiger partial charge in [0.2, 0.25) is 5.91 Å². The van der Waals surface area contributed by atoms with Gasteiger partial charge in [0.1, 0.15) is 10.8 Å². The highest BCUT2D eigenvalue weighted by Gasteiger charge is 2.16. The molecule has 2 N–H and O–H groups in total. The molecule has 0 aliphatic carbocycles. The molecule has 1 fully saturated rings. The third-order valence-electron chi connectivity index (χ3n) is 5.56. The van der Waals surface area contributed by atoms with Crippen LogP contribution in [0.5, 0.6) is 5.75 Å². The van der Waals surface area contributed by atoms with E-state index in [9.17, 15) is 20.0 Å². The van der Waals surface area contributed by atoms with Gasteiger partial charge in [-0.3, -0.25) is 19.8 Å². The molecule has 1 aromatic heterocycles. The summed E-state index contributed by atoms with van der Waals surface area (Å²) in [7, 11) is 2.15. The molecule has 0 radical (unpaired) electrons. The Morgan fingerprint density at radius 3 is 2.61 bits per heavy atom. The molecule has 10 heteroatoms. The number of likely N-dealkylation sites (N-methyl/N-ethyl adjacent to an activating group) is 1. The molecule has 1 amide bonds. The van der Waals surface area contributed by atoms with Crippen LogP contribution in [-0.4, -0.2) is 63.9 Å². The molecule has 1 saturated heterocycles. The molecule has 3 aromatic rings. The fourth-order valence-electron chi connectivity index (χ4n) is 3.63. The first-order valence-electron chi connectivity index (χ1n) is 10.6. The Kier molecular flexibility index (Phi) is 6.97. The fourth-order valence-corrected chi connectivity index (χ4v) is 4.46. The molecule has 2 aromatic carbocycles.